The molecule has 2 aromatic heterocycles. The number of pyridine rings is 1. The third-order valence-electron chi connectivity index (χ3n) is 6.37. The van der Waals surface area contributed by atoms with Crippen LogP contribution in [0.15, 0.2) is 36.5 Å². The Morgan fingerprint density at radius 2 is 2.20 bits per heavy atom. The van der Waals surface area contributed by atoms with Crippen LogP contribution in [0.1, 0.15) is 66.2 Å². The van der Waals surface area contributed by atoms with Gasteiger partial charge in [-0.3, -0.25) is 0 Å². The summed E-state index contributed by atoms with van der Waals surface area (Å²) in [5.74, 6) is 0.369. The third kappa shape index (κ3) is 3.93. The summed E-state index contributed by atoms with van der Waals surface area (Å²) in [5, 5.41) is 11.0. The molecule has 0 amide bonds. The van der Waals surface area contributed by atoms with Crippen LogP contribution in [0.5, 0.6) is 5.88 Å². The predicted octanol–water partition coefficient (Wildman–Crippen LogP) is 5.48. The first-order valence-electron chi connectivity index (χ1n) is 11.0. The van der Waals surface area contributed by atoms with Crippen molar-refractivity contribution >= 4 is 16.9 Å². The minimum Gasteiger partial charge on any atom is -0.481 e. The zero-order valence-electron chi connectivity index (χ0n) is 17.9. The molecule has 5 heteroatoms. The maximum absolute atomic E-state index is 12.1. The van der Waals surface area contributed by atoms with E-state index in [1.54, 1.807) is 19.4 Å². The van der Waals surface area contributed by atoms with Crippen molar-refractivity contribution in [2.45, 2.75) is 58.4 Å². The number of carboxylic acid groups (broad SMARTS) is 1. The van der Waals surface area contributed by atoms with Crippen molar-refractivity contribution in [3.8, 4) is 5.88 Å². The normalized spacial score (nSPS) is 16.3. The number of benzene rings is 1. The molecule has 1 atom stereocenters. The zero-order chi connectivity index (χ0) is 21.1. The quantitative estimate of drug-likeness (QED) is 0.528. The zero-order valence-corrected chi connectivity index (χ0v) is 17.9. The van der Waals surface area contributed by atoms with Gasteiger partial charge < -0.3 is 14.4 Å². The fourth-order valence-electron chi connectivity index (χ4n) is 4.92. The molecule has 0 saturated heterocycles. The summed E-state index contributed by atoms with van der Waals surface area (Å²) in [4.78, 5) is 16.3. The molecular formula is C25H30N2O3. The number of hydrogen-bond acceptors (Lipinski definition) is 3. The summed E-state index contributed by atoms with van der Waals surface area (Å²) >= 11 is 0. The molecule has 0 radical (unpaired) electrons. The lowest BCUT2D eigenvalue weighted by Gasteiger charge is -2.18. The van der Waals surface area contributed by atoms with E-state index in [1.165, 1.54) is 43.4 Å². The van der Waals surface area contributed by atoms with Crippen LogP contribution >= 0.6 is 0 Å². The molecule has 1 aliphatic rings. The van der Waals surface area contributed by atoms with Crippen LogP contribution in [-0.4, -0.2) is 27.7 Å². The molecule has 30 heavy (non-hydrogen) atoms. The van der Waals surface area contributed by atoms with Crippen LogP contribution in [0.3, 0.4) is 0 Å². The lowest BCUT2D eigenvalue weighted by Crippen LogP contribution is -2.12. The van der Waals surface area contributed by atoms with Gasteiger partial charge in [0.25, 0.3) is 0 Å². The van der Waals surface area contributed by atoms with Gasteiger partial charge in [-0.2, -0.15) is 0 Å². The topological polar surface area (TPSA) is 64.4 Å². The summed E-state index contributed by atoms with van der Waals surface area (Å²) in [6.07, 6.45) is 9.91. The van der Waals surface area contributed by atoms with Crippen molar-refractivity contribution < 1.29 is 14.6 Å². The van der Waals surface area contributed by atoms with E-state index in [4.69, 9.17) is 4.74 Å². The van der Waals surface area contributed by atoms with Gasteiger partial charge in [0.2, 0.25) is 5.88 Å². The van der Waals surface area contributed by atoms with Crippen LogP contribution in [0.25, 0.3) is 10.9 Å². The van der Waals surface area contributed by atoms with Gasteiger partial charge in [0.05, 0.1) is 18.2 Å². The average Bonchev–Trinajstić information content (AvgIpc) is 2.90. The molecule has 0 aliphatic heterocycles. The van der Waals surface area contributed by atoms with Crippen molar-refractivity contribution in [2.75, 3.05) is 7.11 Å². The van der Waals surface area contributed by atoms with Gasteiger partial charge >= 0.3 is 5.97 Å². The highest BCUT2D eigenvalue weighted by Gasteiger charge is 2.26. The highest BCUT2D eigenvalue weighted by molar-refractivity contribution is 6.04. The van der Waals surface area contributed by atoms with Gasteiger partial charge in [-0.1, -0.05) is 38.3 Å². The van der Waals surface area contributed by atoms with E-state index in [1.807, 2.05) is 18.2 Å². The summed E-state index contributed by atoms with van der Waals surface area (Å²) in [6.45, 7) is 2.87. The van der Waals surface area contributed by atoms with E-state index in [2.05, 4.69) is 22.5 Å². The standard InChI is InChI=1S/C25H30N2O3/c1-3-4-7-17-8-5-9-19-20-10-6-11-21(25(28)29)24(20)27(22(19)14-17)16-18-12-13-26-23(15-18)30-2/h6,10-13,15,17H,3-5,7-9,14,16H2,1-2H3,(H,28,29). The first kappa shape index (κ1) is 20.5. The summed E-state index contributed by atoms with van der Waals surface area (Å²) in [5.41, 5.74) is 4.95. The first-order valence-corrected chi connectivity index (χ1v) is 11.0. The molecule has 1 unspecified atom stereocenters. The fraction of sp³-hybridized carbons (Fsp3) is 0.440. The lowest BCUT2D eigenvalue weighted by atomic mass is 9.94. The monoisotopic (exact) mass is 406 g/mol. The SMILES string of the molecule is CCCCC1CCCc2c(n(Cc3ccnc(OC)c3)c3c(C(=O)O)cccc23)C1. The largest absolute Gasteiger partial charge is 0.481 e. The number of nitrogens with zero attached hydrogens (tertiary/aromatic N) is 2. The number of fused-ring (bicyclic) bond motifs is 3. The Morgan fingerprint density at radius 3 is 2.97 bits per heavy atom. The smallest absolute Gasteiger partial charge is 0.337 e. The number of unbranched alkanes of at least 4 members (excludes halogenated alkanes) is 1. The molecule has 0 spiro atoms. The third-order valence-corrected chi connectivity index (χ3v) is 6.37. The maximum Gasteiger partial charge on any atom is 0.337 e. The molecule has 0 fully saturated rings. The molecule has 0 saturated carbocycles. The molecule has 0 bridgehead atoms. The van der Waals surface area contributed by atoms with Crippen molar-refractivity contribution in [3.63, 3.8) is 0 Å². The van der Waals surface area contributed by atoms with E-state index in [-0.39, 0.29) is 0 Å². The first-order chi connectivity index (χ1) is 14.6. The lowest BCUT2D eigenvalue weighted by molar-refractivity contribution is 0.0698. The number of carboxylic acids is 1. The van der Waals surface area contributed by atoms with Crippen LogP contribution in [0.4, 0.5) is 0 Å². The minimum atomic E-state index is -0.871. The van der Waals surface area contributed by atoms with Gasteiger partial charge in [0, 0.05) is 29.9 Å². The molecule has 4 rings (SSSR count). The number of carbonyl (C=O) groups is 1. The van der Waals surface area contributed by atoms with Crippen LogP contribution < -0.4 is 4.74 Å². The fourth-order valence-corrected chi connectivity index (χ4v) is 4.92. The van der Waals surface area contributed by atoms with E-state index in [9.17, 15) is 9.90 Å². The second kappa shape index (κ2) is 8.90. The second-order valence-corrected chi connectivity index (χ2v) is 8.33. The Balaban J connectivity index is 1.87. The van der Waals surface area contributed by atoms with Crippen LogP contribution in [0, 0.1) is 5.92 Å². The van der Waals surface area contributed by atoms with Gasteiger partial charge in [0.15, 0.2) is 0 Å². The van der Waals surface area contributed by atoms with Crippen molar-refractivity contribution in [1.82, 2.24) is 9.55 Å². The summed E-state index contributed by atoms with van der Waals surface area (Å²) in [7, 11) is 1.62. The minimum absolute atomic E-state index is 0.381. The van der Waals surface area contributed by atoms with Gasteiger partial charge in [-0.05, 0) is 54.9 Å². The molecule has 158 valence electrons. The number of hydrogen-bond donors (Lipinski definition) is 1. The van der Waals surface area contributed by atoms with E-state index < -0.39 is 5.97 Å². The highest BCUT2D eigenvalue weighted by atomic mass is 16.5. The summed E-state index contributed by atoms with van der Waals surface area (Å²) < 4.78 is 7.56. The maximum atomic E-state index is 12.1. The molecule has 3 aromatic rings. The van der Waals surface area contributed by atoms with Gasteiger partial charge in [-0.15, -0.1) is 0 Å². The number of aryl methyl sites for hydroxylation is 1. The Bertz CT molecular complexity index is 1050. The Labute approximate surface area is 177 Å². The molecule has 1 aromatic carbocycles. The van der Waals surface area contributed by atoms with Crippen molar-refractivity contribution in [3.05, 3.63) is 58.9 Å². The van der Waals surface area contributed by atoms with Crippen LogP contribution in [-0.2, 0) is 19.4 Å². The molecule has 5 nitrogen and oxygen atoms in total. The predicted molar refractivity (Wildman–Crippen MR) is 118 cm³/mol. The Hall–Kier alpha value is -2.82. The van der Waals surface area contributed by atoms with Gasteiger partial charge in [-0.25, -0.2) is 9.78 Å². The number of para-hydroxylation sites is 1. The number of methoxy groups -OCH3 is 1. The molecular weight excluding hydrogens is 376 g/mol. The number of ether oxygens (including phenoxy) is 1. The average molecular weight is 407 g/mol. The number of aromatic carboxylic acids is 1. The summed E-state index contributed by atoms with van der Waals surface area (Å²) in [6, 6.07) is 9.62. The molecule has 1 aliphatic carbocycles. The second-order valence-electron chi connectivity index (χ2n) is 8.33. The van der Waals surface area contributed by atoms with Crippen molar-refractivity contribution in [1.29, 1.82) is 0 Å². The van der Waals surface area contributed by atoms with Crippen LogP contribution in [0.2, 0.25) is 0 Å². The molecule has 1 N–H and O–H groups in total. The number of aromatic nitrogens is 2. The highest BCUT2D eigenvalue weighted by Crippen LogP contribution is 2.36. The number of rotatable bonds is 7. The van der Waals surface area contributed by atoms with E-state index >= 15 is 0 Å². The van der Waals surface area contributed by atoms with Gasteiger partial charge in [0.1, 0.15) is 0 Å². The van der Waals surface area contributed by atoms with Crippen molar-refractivity contribution in [2.24, 2.45) is 5.92 Å². The molecule has 2 heterocycles. The Kier molecular flexibility index (Phi) is 6.07. The van der Waals surface area contributed by atoms with E-state index in [0.29, 0.717) is 23.9 Å². The Morgan fingerprint density at radius 1 is 1.33 bits per heavy atom. The van der Waals surface area contributed by atoms with E-state index in [0.717, 1.165) is 29.3 Å².